The van der Waals surface area contributed by atoms with E-state index in [9.17, 15) is 0 Å². The van der Waals surface area contributed by atoms with Gasteiger partial charge in [-0.25, -0.2) is 0 Å². The van der Waals surface area contributed by atoms with E-state index < -0.39 is 0 Å². The highest BCUT2D eigenvalue weighted by molar-refractivity contribution is 8.03. The van der Waals surface area contributed by atoms with E-state index in [1.54, 1.807) is 0 Å². The van der Waals surface area contributed by atoms with Crippen LogP contribution in [0.15, 0.2) is 195 Å². The molecule has 0 atom stereocenters. The monoisotopic (exact) mass is 766 g/mol. The Bertz CT molecular complexity index is 2810. The van der Waals surface area contributed by atoms with Crippen molar-refractivity contribution in [3.05, 3.63) is 214 Å². The predicted molar refractivity (Wildman–Crippen MR) is 241 cm³/mol. The lowest BCUT2D eigenvalue weighted by atomic mass is 9.75. The first-order valence-corrected chi connectivity index (χ1v) is 21.6. The zero-order valence-corrected chi connectivity index (χ0v) is 33.0. The Morgan fingerprint density at radius 2 is 1.04 bits per heavy atom. The van der Waals surface area contributed by atoms with E-state index in [-0.39, 0.29) is 5.41 Å². The van der Waals surface area contributed by atoms with E-state index in [2.05, 4.69) is 192 Å². The second-order valence-electron chi connectivity index (χ2n) is 15.7. The van der Waals surface area contributed by atoms with E-state index in [1.165, 1.54) is 98.2 Å². The van der Waals surface area contributed by atoms with E-state index in [0.717, 1.165) is 25.7 Å². The molecule has 2 nitrogen and oxygen atoms in total. The first kappa shape index (κ1) is 33.2. The number of rotatable bonds is 4. The highest BCUT2D eigenvalue weighted by Crippen LogP contribution is 2.58. The van der Waals surface area contributed by atoms with Gasteiger partial charge in [-0.15, -0.1) is 0 Å². The van der Waals surface area contributed by atoms with Crippen LogP contribution in [-0.2, 0) is 18.3 Å². The summed E-state index contributed by atoms with van der Waals surface area (Å²) in [6.45, 7) is 0. The molecule has 7 aromatic carbocycles. The van der Waals surface area contributed by atoms with Crippen LogP contribution in [0.4, 0.5) is 28.4 Å². The van der Waals surface area contributed by atoms with Crippen LogP contribution in [0.5, 0.6) is 0 Å². The molecule has 0 saturated heterocycles. The minimum absolute atomic E-state index is 0.112. The highest BCUT2D eigenvalue weighted by atomic mass is 32.2. The molecule has 1 spiro atoms. The molecule has 0 saturated carbocycles. The zero-order chi connectivity index (χ0) is 37.5. The van der Waals surface area contributed by atoms with Crippen LogP contribution >= 0.6 is 23.5 Å². The van der Waals surface area contributed by atoms with Gasteiger partial charge in [-0.2, -0.15) is 0 Å². The summed E-state index contributed by atoms with van der Waals surface area (Å²) in [5.41, 5.74) is 18.4. The fraction of sp³-hybridized carbons (Fsp3) is 0.0943. The maximum atomic E-state index is 2.54. The van der Waals surface area contributed by atoms with Gasteiger partial charge < -0.3 is 9.80 Å². The van der Waals surface area contributed by atoms with Crippen molar-refractivity contribution in [1.82, 2.24) is 0 Å². The summed E-state index contributed by atoms with van der Waals surface area (Å²) in [5, 5.41) is 0. The van der Waals surface area contributed by atoms with E-state index in [4.69, 9.17) is 0 Å². The number of allylic oxidation sites excluding steroid dienone is 3. The molecule has 272 valence electrons. The average Bonchev–Trinajstić information content (AvgIpc) is 3.78. The Kier molecular flexibility index (Phi) is 7.61. The Morgan fingerprint density at radius 1 is 0.491 bits per heavy atom. The summed E-state index contributed by atoms with van der Waals surface area (Å²) in [4.78, 5) is 10.3. The van der Waals surface area contributed by atoms with Gasteiger partial charge in [0.15, 0.2) is 0 Å². The van der Waals surface area contributed by atoms with Crippen LogP contribution in [0.2, 0.25) is 0 Å². The summed E-state index contributed by atoms with van der Waals surface area (Å²) >= 11 is 3.80. The first-order chi connectivity index (χ1) is 28.2. The minimum Gasteiger partial charge on any atom is -0.309 e. The third-order valence-corrected chi connectivity index (χ3v) is 14.8. The lowest BCUT2D eigenvalue weighted by Gasteiger charge is -2.36. The molecular formula is C53H38N2S2. The number of hydrogen-bond acceptors (Lipinski definition) is 4. The molecule has 0 fully saturated rings. The minimum atomic E-state index is -0.112. The number of anilines is 5. The molecule has 0 aromatic heterocycles. The van der Waals surface area contributed by atoms with Gasteiger partial charge in [-0.3, -0.25) is 0 Å². The number of thioether (sulfide) groups is 1. The van der Waals surface area contributed by atoms with Gasteiger partial charge in [0.1, 0.15) is 0 Å². The van der Waals surface area contributed by atoms with Gasteiger partial charge in [0.2, 0.25) is 0 Å². The highest BCUT2D eigenvalue weighted by Gasteiger charge is 2.47. The van der Waals surface area contributed by atoms with Gasteiger partial charge >= 0.3 is 0 Å². The molecular weight excluding hydrogens is 729 g/mol. The topological polar surface area (TPSA) is 6.48 Å². The second kappa shape index (κ2) is 13.1. The van der Waals surface area contributed by atoms with Crippen LogP contribution in [0.25, 0.3) is 23.3 Å². The third-order valence-electron chi connectivity index (χ3n) is 12.5. The first-order valence-electron chi connectivity index (χ1n) is 20.0. The number of para-hydroxylation sites is 3. The molecule has 0 amide bonds. The lowest BCUT2D eigenvalue weighted by Crippen LogP contribution is -2.27. The predicted octanol–water partition coefficient (Wildman–Crippen LogP) is 14.7. The number of nitrogens with zero attached hydrogens (tertiary/aromatic N) is 2. The fourth-order valence-electron chi connectivity index (χ4n) is 9.85. The Hall–Kier alpha value is -5.94. The normalized spacial score (nSPS) is 16.6. The van der Waals surface area contributed by atoms with Crippen molar-refractivity contribution in [2.75, 3.05) is 9.80 Å². The van der Waals surface area contributed by atoms with Crippen molar-refractivity contribution in [1.29, 1.82) is 0 Å². The van der Waals surface area contributed by atoms with Crippen LogP contribution in [0.1, 0.15) is 46.2 Å². The van der Waals surface area contributed by atoms with Gasteiger partial charge in [0.25, 0.3) is 0 Å². The number of hydrogen-bond donors (Lipinski definition) is 0. The number of benzene rings is 7. The zero-order valence-electron chi connectivity index (χ0n) is 31.4. The molecule has 5 aliphatic rings. The fourth-order valence-corrected chi connectivity index (χ4v) is 12.1. The van der Waals surface area contributed by atoms with Gasteiger partial charge in [-0.1, -0.05) is 139 Å². The van der Waals surface area contributed by atoms with Crippen molar-refractivity contribution in [3.8, 4) is 11.1 Å². The summed E-state index contributed by atoms with van der Waals surface area (Å²) in [6.07, 6.45) is 13.5. The Morgan fingerprint density at radius 3 is 1.74 bits per heavy atom. The maximum Gasteiger partial charge on any atom is 0.0601 e. The molecule has 0 N–H and O–H groups in total. The van der Waals surface area contributed by atoms with E-state index in [1.807, 2.05) is 23.5 Å². The molecule has 0 bridgehead atoms. The lowest BCUT2D eigenvalue weighted by molar-refractivity contribution is 0.563. The van der Waals surface area contributed by atoms with E-state index >= 15 is 0 Å². The Labute approximate surface area is 342 Å². The molecule has 0 radical (unpaired) electrons. The largest absolute Gasteiger partial charge is 0.309 e. The average molecular weight is 767 g/mol. The molecule has 4 heteroatoms. The summed E-state index contributed by atoms with van der Waals surface area (Å²) in [6, 6.07) is 58.9. The van der Waals surface area contributed by atoms with Crippen molar-refractivity contribution in [3.63, 3.8) is 0 Å². The second-order valence-corrected chi connectivity index (χ2v) is 17.9. The van der Waals surface area contributed by atoms with Crippen molar-refractivity contribution < 1.29 is 0 Å². The maximum absolute atomic E-state index is 2.54. The molecule has 3 aliphatic carbocycles. The standard InChI is InChI=1S/C53H38N2S2/c1-2-12-38-34-53(33-37(38)11-1)43-31-36(22-21-35-23-26-39(27-24-35)54-45-13-3-7-17-49(45)56-50-18-8-4-14-46(50)54)25-29-41(43)42-30-28-40(32-44(42)53)55-47-15-5-9-19-51(47)57-52-20-10-6-16-48(52)55/h1-9,11-19,21-32H,10,20,33-34H2/b22-21+. The third kappa shape index (κ3) is 5.27. The SMILES string of the molecule is C1=CC2=C(CC1)Sc1ccccc1N2c1ccc2c(c1)C1(Cc3ccccc3C1)c1cc(/C=C/c3ccc(N4c5ccccc5Sc5ccccc54)cc3)ccc1-2. The Balaban J connectivity index is 0.908. The van der Waals surface area contributed by atoms with Crippen molar-refractivity contribution in [2.45, 2.75) is 45.8 Å². The van der Waals surface area contributed by atoms with Gasteiger partial charge in [0, 0.05) is 36.4 Å². The molecule has 57 heavy (non-hydrogen) atoms. The smallest absolute Gasteiger partial charge is 0.0601 e. The van der Waals surface area contributed by atoms with Gasteiger partial charge in [-0.05, 0) is 137 Å². The molecule has 0 unspecified atom stereocenters. The van der Waals surface area contributed by atoms with E-state index in [0.29, 0.717) is 0 Å². The molecule has 2 heterocycles. The van der Waals surface area contributed by atoms with Crippen molar-refractivity contribution in [2.24, 2.45) is 0 Å². The van der Waals surface area contributed by atoms with Crippen molar-refractivity contribution >= 4 is 64.1 Å². The van der Waals surface area contributed by atoms with Crippen LogP contribution < -0.4 is 9.80 Å². The molecule has 7 aromatic rings. The van der Waals surface area contributed by atoms with Gasteiger partial charge in [0.05, 0.1) is 22.8 Å². The van der Waals surface area contributed by atoms with Crippen LogP contribution in [0.3, 0.4) is 0 Å². The molecule has 12 rings (SSSR count). The summed E-state index contributed by atoms with van der Waals surface area (Å²) in [5.74, 6) is 0. The quantitative estimate of drug-likeness (QED) is 0.165. The number of fused-ring (bicyclic) bond motifs is 9. The van der Waals surface area contributed by atoms with Crippen LogP contribution in [0, 0.1) is 0 Å². The summed E-state index contributed by atoms with van der Waals surface area (Å²) in [7, 11) is 0. The summed E-state index contributed by atoms with van der Waals surface area (Å²) < 4.78 is 0. The van der Waals surface area contributed by atoms with Crippen LogP contribution in [-0.4, -0.2) is 0 Å². The molecule has 2 aliphatic heterocycles.